The van der Waals surface area contributed by atoms with Crippen LogP contribution in [0.3, 0.4) is 0 Å². The predicted molar refractivity (Wildman–Crippen MR) is 138 cm³/mol. The zero-order chi connectivity index (χ0) is 23.9. The average molecular weight is 494 g/mol. The van der Waals surface area contributed by atoms with Crippen LogP contribution in [0.2, 0.25) is 0 Å². The number of nitrogens with zero attached hydrogens (tertiary/aromatic N) is 1. The molecule has 0 radical (unpaired) electrons. The van der Waals surface area contributed by atoms with Crippen LogP contribution in [-0.2, 0) is 4.79 Å². The normalized spacial score (nSPS) is 10.6. The highest BCUT2D eigenvalue weighted by atomic mass is 32.2. The van der Waals surface area contributed by atoms with Crippen molar-refractivity contribution in [3.63, 3.8) is 0 Å². The average Bonchev–Trinajstić information content (AvgIpc) is 3.26. The maximum Gasteiger partial charge on any atom is 0.259 e. The van der Waals surface area contributed by atoms with Crippen LogP contribution in [0.5, 0.6) is 11.5 Å². The van der Waals surface area contributed by atoms with E-state index in [4.69, 9.17) is 9.47 Å². The first-order valence-electron chi connectivity index (χ1n) is 10.6. The third kappa shape index (κ3) is 5.86. The van der Waals surface area contributed by atoms with Gasteiger partial charge in [0.1, 0.15) is 11.5 Å². The first kappa shape index (κ1) is 23.6. The number of ether oxygens (including phenoxy) is 2. The number of hydrogen-bond donors (Lipinski definition) is 2. The number of carbonyl (C=O) groups excluding carboxylic acids is 2. The van der Waals surface area contributed by atoms with Crippen LogP contribution >= 0.6 is 23.1 Å². The molecule has 1 aromatic heterocycles. The van der Waals surface area contributed by atoms with Gasteiger partial charge >= 0.3 is 0 Å². The van der Waals surface area contributed by atoms with E-state index in [2.05, 4.69) is 15.6 Å². The van der Waals surface area contributed by atoms with Crippen molar-refractivity contribution in [2.24, 2.45) is 0 Å². The molecule has 0 unspecified atom stereocenters. The topological polar surface area (TPSA) is 89.5 Å². The molecule has 34 heavy (non-hydrogen) atoms. The molecule has 2 N–H and O–H groups in total. The first-order valence-corrected chi connectivity index (χ1v) is 12.4. The van der Waals surface area contributed by atoms with E-state index in [9.17, 15) is 9.59 Å². The Hall–Kier alpha value is -3.56. The van der Waals surface area contributed by atoms with Crippen molar-refractivity contribution in [3.05, 3.63) is 72.3 Å². The van der Waals surface area contributed by atoms with E-state index in [1.807, 2.05) is 55.5 Å². The number of thiazole rings is 1. The van der Waals surface area contributed by atoms with E-state index in [1.54, 1.807) is 18.2 Å². The minimum atomic E-state index is -0.248. The lowest BCUT2D eigenvalue weighted by molar-refractivity contribution is -0.113. The van der Waals surface area contributed by atoms with Crippen molar-refractivity contribution in [1.29, 1.82) is 0 Å². The van der Waals surface area contributed by atoms with Gasteiger partial charge in [-0.05, 0) is 61.5 Å². The van der Waals surface area contributed by atoms with E-state index in [0.717, 1.165) is 20.3 Å². The number of nitrogens with one attached hydrogen (secondary N) is 2. The Labute approximate surface area is 205 Å². The van der Waals surface area contributed by atoms with Gasteiger partial charge < -0.3 is 20.1 Å². The number of thioether (sulfide) groups is 1. The molecule has 2 amide bonds. The Morgan fingerprint density at radius 2 is 1.76 bits per heavy atom. The lowest BCUT2D eigenvalue weighted by Crippen LogP contribution is -2.13. The van der Waals surface area contributed by atoms with Crippen LogP contribution in [-0.4, -0.2) is 36.3 Å². The van der Waals surface area contributed by atoms with Gasteiger partial charge in [0.15, 0.2) is 4.34 Å². The van der Waals surface area contributed by atoms with Gasteiger partial charge in [0, 0.05) is 11.4 Å². The smallest absolute Gasteiger partial charge is 0.259 e. The van der Waals surface area contributed by atoms with Gasteiger partial charge in [0.2, 0.25) is 5.91 Å². The summed E-state index contributed by atoms with van der Waals surface area (Å²) in [5.74, 6) is 1.16. The van der Waals surface area contributed by atoms with E-state index in [0.29, 0.717) is 29.3 Å². The number of anilines is 2. The zero-order valence-electron chi connectivity index (χ0n) is 18.7. The van der Waals surface area contributed by atoms with Crippen molar-refractivity contribution in [1.82, 2.24) is 4.98 Å². The first-order chi connectivity index (χ1) is 16.6. The molecule has 0 saturated carbocycles. The molecule has 1 heterocycles. The molecule has 0 aliphatic rings. The summed E-state index contributed by atoms with van der Waals surface area (Å²) in [4.78, 5) is 29.6. The molecule has 0 fully saturated rings. The van der Waals surface area contributed by atoms with E-state index in [-0.39, 0.29) is 17.6 Å². The predicted octanol–water partition coefficient (Wildman–Crippen LogP) is 5.69. The minimum absolute atomic E-state index is 0.113. The van der Waals surface area contributed by atoms with Crippen LogP contribution in [0, 0.1) is 0 Å². The van der Waals surface area contributed by atoms with Crippen molar-refractivity contribution >= 4 is 56.5 Å². The number of carbonyl (C=O) groups is 2. The van der Waals surface area contributed by atoms with Crippen LogP contribution in [0.15, 0.2) is 71.1 Å². The molecular formula is C25H23N3O4S2. The number of para-hydroxylation sites is 1. The summed E-state index contributed by atoms with van der Waals surface area (Å²) in [5.41, 5.74) is 2.66. The van der Waals surface area contributed by atoms with Gasteiger partial charge in [0.25, 0.3) is 5.91 Å². The van der Waals surface area contributed by atoms with Gasteiger partial charge in [-0.2, -0.15) is 0 Å². The number of benzene rings is 3. The Bertz CT molecular complexity index is 1310. The fourth-order valence-electron chi connectivity index (χ4n) is 3.20. The largest absolute Gasteiger partial charge is 0.496 e. The SMILES string of the molecule is CCOc1ccc(NC(=O)CSc2nc3ccc(NC(=O)c4ccccc4OC)cc3s2)cc1. The van der Waals surface area contributed by atoms with Crippen LogP contribution in [0.25, 0.3) is 10.2 Å². The molecule has 0 aliphatic heterocycles. The lowest BCUT2D eigenvalue weighted by atomic mass is 10.2. The molecule has 4 aromatic rings. The molecule has 0 atom stereocenters. The molecule has 0 spiro atoms. The third-order valence-corrected chi connectivity index (χ3v) is 6.92. The summed E-state index contributed by atoms with van der Waals surface area (Å²) in [6.07, 6.45) is 0. The quantitative estimate of drug-likeness (QED) is 0.291. The number of amides is 2. The monoisotopic (exact) mass is 493 g/mol. The Kier molecular flexibility index (Phi) is 7.66. The third-order valence-electron chi connectivity index (χ3n) is 4.75. The fraction of sp³-hybridized carbons (Fsp3) is 0.160. The number of aromatic nitrogens is 1. The van der Waals surface area contributed by atoms with Crippen molar-refractivity contribution < 1.29 is 19.1 Å². The van der Waals surface area contributed by atoms with Gasteiger partial charge in [-0.3, -0.25) is 9.59 Å². The maximum atomic E-state index is 12.7. The highest BCUT2D eigenvalue weighted by molar-refractivity contribution is 8.01. The summed E-state index contributed by atoms with van der Waals surface area (Å²) in [7, 11) is 1.53. The van der Waals surface area contributed by atoms with Crippen molar-refractivity contribution in [2.45, 2.75) is 11.3 Å². The summed E-state index contributed by atoms with van der Waals surface area (Å²) in [6, 6.07) is 19.9. The molecular weight excluding hydrogens is 470 g/mol. The summed E-state index contributed by atoms with van der Waals surface area (Å²) < 4.78 is 12.4. The molecule has 0 bridgehead atoms. The van der Waals surface area contributed by atoms with Crippen LogP contribution in [0.1, 0.15) is 17.3 Å². The van der Waals surface area contributed by atoms with Crippen LogP contribution in [0.4, 0.5) is 11.4 Å². The molecule has 0 aliphatic carbocycles. The zero-order valence-corrected chi connectivity index (χ0v) is 20.3. The summed E-state index contributed by atoms with van der Waals surface area (Å²) in [6.45, 7) is 2.52. The van der Waals surface area contributed by atoms with Crippen LogP contribution < -0.4 is 20.1 Å². The Balaban J connectivity index is 1.36. The summed E-state index contributed by atoms with van der Waals surface area (Å²) >= 11 is 2.85. The van der Waals surface area contributed by atoms with Gasteiger partial charge in [-0.15, -0.1) is 11.3 Å². The molecule has 0 saturated heterocycles. The van der Waals surface area contributed by atoms with E-state index >= 15 is 0 Å². The highest BCUT2D eigenvalue weighted by Gasteiger charge is 2.13. The Morgan fingerprint density at radius 3 is 2.53 bits per heavy atom. The van der Waals surface area contributed by atoms with Gasteiger partial charge in [0.05, 0.1) is 35.2 Å². The number of hydrogen-bond acceptors (Lipinski definition) is 7. The number of fused-ring (bicyclic) bond motifs is 1. The fourth-order valence-corrected chi connectivity index (χ4v) is 5.11. The summed E-state index contributed by atoms with van der Waals surface area (Å²) in [5, 5.41) is 5.78. The standard InChI is InChI=1S/C25H23N3O4S2/c1-3-32-18-11-8-16(9-12-18)26-23(29)15-33-25-28-20-13-10-17(14-22(20)34-25)27-24(30)19-6-4-5-7-21(19)31-2/h4-14H,3,15H2,1-2H3,(H,26,29)(H,27,30). The Morgan fingerprint density at radius 1 is 1.00 bits per heavy atom. The number of rotatable bonds is 9. The lowest BCUT2D eigenvalue weighted by Gasteiger charge is -2.09. The molecule has 9 heteroatoms. The molecule has 3 aromatic carbocycles. The molecule has 7 nitrogen and oxygen atoms in total. The van der Waals surface area contributed by atoms with Crippen molar-refractivity contribution in [2.75, 3.05) is 30.1 Å². The van der Waals surface area contributed by atoms with E-state index < -0.39 is 0 Å². The van der Waals surface area contributed by atoms with Gasteiger partial charge in [-0.25, -0.2) is 4.98 Å². The van der Waals surface area contributed by atoms with E-state index in [1.165, 1.54) is 30.2 Å². The highest BCUT2D eigenvalue weighted by Crippen LogP contribution is 2.32. The van der Waals surface area contributed by atoms with Crippen molar-refractivity contribution in [3.8, 4) is 11.5 Å². The maximum absolute atomic E-state index is 12.7. The minimum Gasteiger partial charge on any atom is -0.496 e. The molecule has 174 valence electrons. The molecule has 4 rings (SSSR count). The number of methoxy groups -OCH3 is 1. The van der Waals surface area contributed by atoms with Gasteiger partial charge in [-0.1, -0.05) is 23.9 Å². The second-order valence-electron chi connectivity index (χ2n) is 7.11. The second-order valence-corrected chi connectivity index (χ2v) is 9.36. The second kappa shape index (κ2) is 11.0.